The number of rotatable bonds is 15. The van der Waals surface area contributed by atoms with Gasteiger partial charge in [-0.1, -0.05) is 69.5 Å². The summed E-state index contributed by atoms with van der Waals surface area (Å²) < 4.78 is 11.8. The van der Waals surface area contributed by atoms with Crippen LogP contribution in [0.2, 0.25) is 5.02 Å². The number of fused-ring (bicyclic) bond motifs is 1. The molecule has 0 aromatic heterocycles. The van der Waals surface area contributed by atoms with E-state index in [1.807, 2.05) is 18.2 Å². The maximum atomic E-state index is 6.57. The Balaban J connectivity index is 1.79. The summed E-state index contributed by atoms with van der Waals surface area (Å²) in [6.07, 6.45) is 11.9. The highest BCUT2D eigenvalue weighted by atomic mass is 35.5. The molecule has 0 saturated carbocycles. The molecule has 0 fully saturated rings. The number of hydrogen-bond acceptors (Lipinski definition) is 2. The van der Waals surface area contributed by atoms with E-state index in [4.69, 9.17) is 32.7 Å². The van der Waals surface area contributed by atoms with Gasteiger partial charge in [0.25, 0.3) is 0 Å². The molecule has 0 radical (unpaired) electrons. The molecule has 28 heavy (non-hydrogen) atoms. The zero-order chi connectivity index (χ0) is 20.0. The van der Waals surface area contributed by atoms with E-state index in [0.29, 0.717) is 11.6 Å². The fourth-order valence-corrected chi connectivity index (χ4v) is 3.73. The quantitative estimate of drug-likeness (QED) is 0.211. The molecule has 0 aliphatic heterocycles. The molecule has 0 aliphatic carbocycles. The largest absolute Gasteiger partial charge is 0.494 e. The molecule has 2 aromatic rings. The highest BCUT2D eigenvalue weighted by Crippen LogP contribution is 2.34. The first-order chi connectivity index (χ1) is 13.8. The predicted octanol–water partition coefficient (Wildman–Crippen LogP) is 8.41. The van der Waals surface area contributed by atoms with E-state index >= 15 is 0 Å². The van der Waals surface area contributed by atoms with Gasteiger partial charge in [-0.25, -0.2) is 0 Å². The van der Waals surface area contributed by atoms with E-state index in [1.54, 1.807) is 0 Å². The van der Waals surface area contributed by atoms with Crippen molar-refractivity contribution in [1.29, 1.82) is 0 Å². The van der Waals surface area contributed by atoms with Gasteiger partial charge in [0.05, 0.1) is 18.2 Å². The standard InChI is InChI=1S/C24H34Cl2O2/c1-2-3-4-10-17-27-21-13-14-22-20(19-21)12-15-23(24(22)26)28-18-11-8-6-5-7-9-16-25/h12-15,19H,2-11,16-18H2,1H3. The van der Waals surface area contributed by atoms with Gasteiger partial charge in [-0.3, -0.25) is 0 Å². The lowest BCUT2D eigenvalue weighted by Gasteiger charge is -2.12. The van der Waals surface area contributed by atoms with Crippen LogP contribution < -0.4 is 9.47 Å². The van der Waals surface area contributed by atoms with Crippen LogP contribution in [0.15, 0.2) is 30.3 Å². The lowest BCUT2D eigenvalue weighted by atomic mass is 10.1. The highest BCUT2D eigenvalue weighted by molar-refractivity contribution is 6.37. The molecular weight excluding hydrogens is 391 g/mol. The summed E-state index contributed by atoms with van der Waals surface area (Å²) in [5.41, 5.74) is 0. The second-order valence-electron chi connectivity index (χ2n) is 7.33. The van der Waals surface area contributed by atoms with Crippen LogP contribution in [0.5, 0.6) is 11.5 Å². The average Bonchev–Trinajstić information content (AvgIpc) is 2.71. The van der Waals surface area contributed by atoms with Crippen LogP contribution in [0.4, 0.5) is 0 Å². The third kappa shape index (κ3) is 8.09. The molecule has 0 unspecified atom stereocenters. The summed E-state index contributed by atoms with van der Waals surface area (Å²) in [7, 11) is 0. The van der Waals surface area contributed by atoms with Crippen molar-refractivity contribution < 1.29 is 9.47 Å². The minimum atomic E-state index is 0.689. The van der Waals surface area contributed by atoms with Crippen molar-refractivity contribution >= 4 is 34.0 Å². The van der Waals surface area contributed by atoms with Gasteiger partial charge in [0, 0.05) is 11.3 Å². The van der Waals surface area contributed by atoms with Crippen LogP contribution in [0, 0.1) is 0 Å². The minimum Gasteiger partial charge on any atom is -0.494 e. The Morgan fingerprint density at radius 3 is 2.18 bits per heavy atom. The number of alkyl halides is 1. The van der Waals surface area contributed by atoms with Gasteiger partial charge in [0.1, 0.15) is 11.5 Å². The van der Waals surface area contributed by atoms with E-state index in [9.17, 15) is 0 Å². The molecule has 0 amide bonds. The molecule has 0 aliphatic rings. The minimum absolute atomic E-state index is 0.689. The van der Waals surface area contributed by atoms with Crippen LogP contribution in [0.1, 0.15) is 71.1 Å². The zero-order valence-electron chi connectivity index (χ0n) is 17.2. The Labute approximate surface area is 180 Å². The van der Waals surface area contributed by atoms with Crippen molar-refractivity contribution in [2.75, 3.05) is 19.1 Å². The summed E-state index contributed by atoms with van der Waals surface area (Å²) in [4.78, 5) is 0. The third-order valence-corrected chi connectivity index (χ3v) is 5.60. The number of halogens is 2. The van der Waals surface area contributed by atoms with Gasteiger partial charge >= 0.3 is 0 Å². The van der Waals surface area contributed by atoms with Crippen LogP contribution >= 0.6 is 23.2 Å². The Hall–Kier alpha value is -1.12. The van der Waals surface area contributed by atoms with E-state index in [2.05, 4.69) is 19.1 Å². The molecule has 0 heterocycles. The number of hydrogen-bond donors (Lipinski definition) is 0. The molecule has 2 rings (SSSR count). The Morgan fingerprint density at radius 1 is 0.750 bits per heavy atom. The molecule has 0 N–H and O–H groups in total. The fraction of sp³-hybridized carbons (Fsp3) is 0.583. The second kappa shape index (κ2) is 14.0. The van der Waals surface area contributed by atoms with Gasteiger partial charge in [-0.05, 0) is 48.9 Å². The molecule has 0 atom stereocenters. The Morgan fingerprint density at radius 2 is 1.43 bits per heavy atom. The maximum Gasteiger partial charge on any atom is 0.138 e. The highest BCUT2D eigenvalue weighted by Gasteiger charge is 2.08. The van der Waals surface area contributed by atoms with E-state index in [0.717, 1.165) is 54.0 Å². The predicted molar refractivity (Wildman–Crippen MR) is 123 cm³/mol. The maximum absolute atomic E-state index is 6.57. The van der Waals surface area contributed by atoms with Crippen molar-refractivity contribution in [3.63, 3.8) is 0 Å². The SMILES string of the molecule is CCCCCCOc1ccc2c(Cl)c(OCCCCCCCCCl)ccc2c1. The Kier molecular flexibility index (Phi) is 11.5. The van der Waals surface area contributed by atoms with Gasteiger partial charge in [0.15, 0.2) is 0 Å². The molecule has 2 aromatic carbocycles. The van der Waals surface area contributed by atoms with Crippen LogP contribution in [0.25, 0.3) is 10.8 Å². The lowest BCUT2D eigenvalue weighted by Crippen LogP contribution is -1.99. The molecule has 0 saturated heterocycles. The number of unbranched alkanes of at least 4 members (excludes halogenated alkanes) is 8. The first-order valence-corrected chi connectivity index (χ1v) is 11.7. The summed E-state index contributed by atoms with van der Waals surface area (Å²) in [6, 6.07) is 10.1. The molecular formula is C24H34Cl2O2. The summed E-state index contributed by atoms with van der Waals surface area (Å²) in [6.45, 7) is 3.70. The topological polar surface area (TPSA) is 18.5 Å². The van der Waals surface area contributed by atoms with Gasteiger partial charge in [-0.15, -0.1) is 11.6 Å². The number of ether oxygens (including phenoxy) is 2. The molecule has 0 spiro atoms. The van der Waals surface area contributed by atoms with Gasteiger partial charge in [0.2, 0.25) is 0 Å². The first kappa shape index (κ1) is 23.2. The normalized spacial score (nSPS) is 11.1. The van der Waals surface area contributed by atoms with Crippen molar-refractivity contribution in [3.8, 4) is 11.5 Å². The molecule has 2 nitrogen and oxygen atoms in total. The first-order valence-electron chi connectivity index (χ1n) is 10.8. The van der Waals surface area contributed by atoms with Crippen molar-refractivity contribution in [2.45, 2.75) is 71.1 Å². The summed E-state index contributed by atoms with van der Waals surface area (Å²) >= 11 is 12.3. The summed E-state index contributed by atoms with van der Waals surface area (Å²) in [5, 5.41) is 2.79. The fourth-order valence-electron chi connectivity index (χ4n) is 3.26. The van der Waals surface area contributed by atoms with E-state index < -0.39 is 0 Å². The van der Waals surface area contributed by atoms with E-state index in [-0.39, 0.29) is 0 Å². The second-order valence-corrected chi connectivity index (χ2v) is 8.08. The van der Waals surface area contributed by atoms with Crippen LogP contribution in [-0.2, 0) is 0 Å². The van der Waals surface area contributed by atoms with E-state index in [1.165, 1.54) is 44.9 Å². The van der Waals surface area contributed by atoms with Crippen LogP contribution in [0.3, 0.4) is 0 Å². The van der Waals surface area contributed by atoms with Gasteiger partial charge < -0.3 is 9.47 Å². The van der Waals surface area contributed by atoms with Crippen molar-refractivity contribution in [3.05, 3.63) is 35.4 Å². The lowest BCUT2D eigenvalue weighted by molar-refractivity contribution is 0.304. The molecule has 0 bridgehead atoms. The number of benzene rings is 2. The smallest absolute Gasteiger partial charge is 0.138 e. The third-order valence-electron chi connectivity index (χ3n) is 4.94. The molecule has 156 valence electrons. The monoisotopic (exact) mass is 424 g/mol. The summed E-state index contributed by atoms with van der Waals surface area (Å²) in [5.74, 6) is 2.45. The van der Waals surface area contributed by atoms with Gasteiger partial charge in [-0.2, -0.15) is 0 Å². The molecule has 4 heteroatoms. The Bertz CT molecular complexity index is 688. The van der Waals surface area contributed by atoms with Crippen LogP contribution in [-0.4, -0.2) is 19.1 Å². The van der Waals surface area contributed by atoms with Crippen molar-refractivity contribution in [1.82, 2.24) is 0 Å². The zero-order valence-corrected chi connectivity index (χ0v) is 18.7. The van der Waals surface area contributed by atoms with Crippen molar-refractivity contribution in [2.24, 2.45) is 0 Å². The average molecular weight is 425 g/mol.